The molecule has 3 aromatic carbocycles. The summed E-state index contributed by atoms with van der Waals surface area (Å²) in [5.74, 6) is 0.704. The van der Waals surface area contributed by atoms with Gasteiger partial charge in [-0.25, -0.2) is 8.96 Å². The van der Waals surface area contributed by atoms with Crippen LogP contribution in [0.5, 0.6) is 0 Å². The second-order valence-corrected chi connectivity index (χ2v) is 10.2. The minimum absolute atomic E-state index is 0.0819. The Balaban J connectivity index is 1.77. The van der Waals surface area contributed by atoms with Gasteiger partial charge in [-0.3, -0.25) is 0 Å². The Labute approximate surface area is 192 Å². The van der Waals surface area contributed by atoms with Crippen LogP contribution in [0.1, 0.15) is 42.4 Å². The number of rotatable bonds is 2. The predicted molar refractivity (Wildman–Crippen MR) is 135 cm³/mol. The van der Waals surface area contributed by atoms with Crippen molar-refractivity contribution in [1.29, 1.82) is 0 Å². The average Bonchev–Trinajstić information content (AvgIpc) is 3.45. The first-order valence-corrected chi connectivity index (χ1v) is 12.2. The van der Waals surface area contributed by atoms with Gasteiger partial charge >= 0.3 is 0 Å². The van der Waals surface area contributed by atoms with Crippen LogP contribution in [0.4, 0.5) is 4.39 Å². The topological polar surface area (TPSA) is 8.29 Å². The van der Waals surface area contributed by atoms with Crippen LogP contribution in [0.25, 0.3) is 49.0 Å². The molecule has 0 radical (unpaired) electrons. The molecule has 0 spiro atoms. The van der Waals surface area contributed by atoms with Crippen molar-refractivity contribution < 1.29 is 8.96 Å². The molecular formula is C30H28FN2+. The van der Waals surface area contributed by atoms with Crippen molar-refractivity contribution in [3.8, 4) is 0 Å². The lowest BCUT2D eigenvalue weighted by molar-refractivity contribution is -0.643. The van der Waals surface area contributed by atoms with Crippen LogP contribution in [0, 0.1) is 25.6 Å². The summed E-state index contributed by atoms with van der Waals surface area (Å²) in [6.07, 6.45) is 8.70. The molecule has 1 saturated carbocycles. The van der Waals surface area contributed by atoms with Gasteiger partial charge in [-0.1, -0.05) is 49.9 Å². The second-order valence-electron chi connectivity index (χ2n) is 10.2. The first-order valence-electron chi connectivity index (χ1n) is 12.2. The number of hydrogen-bond acceptors (Lipinski definition) is 0. The van der Waals surface area contributed by atoms with Gasteiger partial charge in [-0.05, 0) is 60.4 Å². The molecule has 164 valence electrons. The third kappa shape index (κ3) is 2.45. The summed E-state index contributed by atoms with van der Waals surface area (Å²) in [5, 5.41) is 5.49. The van der Waals surface area contributed by atoms with Gasteiger partial charge in [-0.2, -0.15) is 0 Å². The fraction of sp³-hybridized carbons (Fsp3) is 0.300. The number of nitrogens with zero attached hydrogens (tertiary/aromatic N) is 2. The van der Waals surface area contributed by atoms with E-state index in [1.165, 1.54) is 58.4 Å². The van der Waals surface area contributed by atoms with Gasteiger partial charge in [0.2, 0.25) is 5.52 Å². The van der Waals surface area contributed by atoms with Gasteiger partial charge in [0.05, 0.1) is 27.3 Å². The van der Waals surface area contributed by atoms with Crippen LogP contribution in [-0.4, -0.2) is 4.40 Å². The lowest BCUT2D eigenvalue weighted by Crippen LogP contribution is -2.29. The molecule has 0 saturated heterocycles. The number of halogens is 1. The molecule has 7 rings (SSSR count). The molecule has 0 bridgehead atoms. The van der Waals surface area contributed by atoms with E-state index >= 15 is 4.39 Å². The Bertz CT molecular complexity index is 1730. The van der Waals surface area contributed by atoms with Crippen molar-refractivity contribution >= 4 is 49.0 Å². The molecular weight excluding hydrogens is 407 g/mol. The Hall–Kier alpha value is -3.20. The normalized spacial score (nSPS) is 15.4. The molecule has 0 unspecified atom stereocenters. The summed E-state index contributed by atoms with van der Waals surface area (Å²) < 4.78 is 20.4. The largest absolute Gasteiger partial charge is 0.307 e. The van der Waals surface area contributed by atoms with Gasteiger partial charge in [0.1, 0.15) is 12.9 Å². The predicted octanol–water partition coefficient (Wildman–Crippen LogP) is 7.30. The van der Waals surface area contributed by atoms with Gasteiger partial charge < -0.3 is 4.40 Å². The van der Waals surface area contributed by atoms with Crippen LogP contribution in [0.3, 0.4) is 0 Å². The average molecular weight is 436 g/mol. The van der Waals surface area contributed by atoms with Crippen molar-refractivity contribution in [2.75, 3.05) is 0 Å². The van der Waals surface area contributed by atoms with Crippen molar-refractivity contribution in [3.05, 3.63) is 71.2 Å². The summed E-state index contributed by atoms with van der Waals surface area (Å²) in [5.41, 5.74) is 7.71. The highest BCUT2D eigenvalue weighted by atomic mass is 19.1. The highest BCUT2D eigenvalue weighted by Crippen LogP contribution is 2.43. The smallest absolute Gasteiger partial charge is 0.224 e. The standard InChI is InChI=1S/C30H28FN2/c1-17-18(2)28(31)27-22-10-6-7-11-23(22)33-24-16-20(14-19-8-4-5-9-19)15-21-12-13-32(3)29(26(21)24)25(17)30(27)33/h6-7,10-13,15-16,19H,4-5,8-9,14H2,1-3H3/q+1. The maximum Gasteiger partial charge on any atom is 0.224 e. The maximum atomic E-state index is 15.8. The Morgan fingerprint density at radius 3 is 2.55 bits per heavy atom. The van der Waals surface area contributed by atoms with E-state index in [2.05, 4.69) is 65.5 Å². The molecule has 0 N–H and O–H groups in total. The van der Waals surface area contributed by atoms with Crippen LogP contribution >= 0.6 is 0 Å². The van der Waals surface area contributed by atoms with E-state index in [1.807, 2.05) is 13.0 Å². The number of hydrogen-bond donors (Lipinski definition) is 0. The summed E-state index contributed by atoms with van der Waals surface area (Å²) in [6, 6.07) is 15.4. The van der Waals surface area contributed by atoms with E-state index in [9.17, 15) is 0 Å². The zero-order valence-electron chi connectivity index (χ0n) is 19.5. The van der Waals surface area contributed by atoms with Crippen LogP contribution < -0.4 is 4.57 Å². The SMILES string of the molecule is Cc1c(F)c2c3ccccc3n3c4cc(CC5CCCC5)cc5cc[n+](C)c(c(c1C)c23)c54. The third-order valence-electron chi connectivity index (χ3n) is 8.35. The number of fused-ring (bicyclic) bond motifs is 5. The van der Waals surface area contributed by atoms with E-state index in [0.717, 1.165) is 45.3 Å². The fourth-order valence-electron chi connectivity index (χ4n) is 6.64. The molecule has 3 heteroatoms. The third-order valence-corrected chi connectivity index (χ3v) is 8.35. The maximum absolute atomic E-state index is 15.8. The molecule has 3 heterocycles. The minimum Gasteiger partial charge on any atom is -0.307 e. The molecule has 0 amide bonds. The molecule has 33 heavy (non-hydrogen) atoms. The lowest BCUT2D eigenvalue weighted by Gasteiger charge is -2.16. The summed E-state index contributed by atoms with van der Waals surface area (Å²) >= 11 is 0. The van der Waals surface area contributed by atoms with Crippen molar-refractivity contribution in [3.63, 3.8) is 0 Å². The number of pyridine rings is 2. The minimum atomic E-state index is -0.0819. The van der Waals surface area contributed by atoms with Crippen molar-refractivity contribution in [2.45, 2.75) is 46.0 Å². The highest BCUT2D eigenvalue weighted by Gasteiger charge is 2.27. The van der Waals surface area contributed by atoms with Gasteiger partial charge in [0.25, 0.3) is 0 Å². The first-order chi connectivity index (χ1) is 16.0. The van der Waals surface area contributed by atoms with E-state index in [0.29, 0.717) is 0 Å². The number of aromatic nitrogens is 2. The van der Waals surface area contributed by atoms with Crippen molar-refractivity contribution in [2.24, 2.45) is 13.0 Å². The molecule has 0 atom stereocenters. The van der Waals surface area contributed by atoms with Crippen LogP contribution in [-0.2, 0) is 13.5 Å². The molecule has 6 aromatic rings. The zero-order valence-corrected chi connectivity index (χ0v) is 19.5. The van der Waals surface area contributed by atoms with Crippen LogP contribution in [0.2, 0.25) is 0 Å². The fourth-order valence-corrected chi connectivity index (χ4v) is 6.64. The second kappa shape index (κ2) is 6.66. The molecule has 1 aliphatic rings. The number of aryl methyl sites for hydroxylation is 2. The van der Waals surface area contributed by atoms with E-state index < -0.39 is 0 Å². The van der Waals surface area contributed by atoms with Crippen LogP contribution in [0.15, 0.2) is 48.7 Å². The highest BCUT2D eigenvalue weighted by molar-refractivity contribution is 6.26. The van der Waals surface area contributed by atoms with Crippen molar-refractivity contribution in [1.82, 2.24) is 4.40 Å². The van der Waals surface area contributed by atoms with Gasteiger partial charge in [0.15, 0.2) is 6.20 Å². The Kier molecular flexibility index (Phi) is 3.89. The molecule has 3 aromatic heterocycles. The lowest BCUT2D eigenvalue weighted by atomic mass is 9.93. The van der Waals surface area contributed by atoms with Gasteiger partial charge in [0, 0.05) is 16.8 Å². The Morgan fingerprint density at radius 1 is 0.939 bits per heavy atom. The summed E-state index contributed by atoms with van der Waals surface area (Å²) in [4.78, 5) is 0. The molecule has 2 nitrogen and oxygen atoms in total. The van der Waals surface area contributed by atoms with E-state index in [1.54, 1.807) is 0 Å². The molecule has 0 aliphatic heterocycles. The Morgan fingerprint density at radius 2 is 1.73 bits per heavy atom. The first kappa shape index (κ1) is 19.3. The van der Waals surface area contributed by atoms with E-state index in [-0.39, 0.29) is 5.82 Å². The van der Waals surface area contributed by atoms with Gasteiger partial charge in [-0.15, -0.1) is 0 Å². The summed E-state index contributed by atoms with van der Waals surface area (Å²) in [6.45, 7) is 4.00. The molecule has 1 aliphatic carbocycles. The number of para-hydroxylation sites is 1. The zero-order chi connectivity index (χ0) is 22.4. The van der Waals surface area contributed by atoms with E-state index in [4.69, 9.17) is 0 Å². The summed E-state index contributed by atoms with van der Waals surface area (Å²) in [7, 11) is 2.12. The number of benzene rings is 3. The molecule has 1 fully saturated rings. The quantitative estimate of drug-likeness (QED) is 0.153. The monoisotopic (exact) mass is 435 g/mol.